The predicted octanol–water partition coefficient (Wildman–Crippen LogP) is 3.72. The zero-order valence-corrected chi connectivity index (χ0v) is 13.7. The smallest absolute Gasteiger partial charge is 0.324 e. The number of nitrogen functional groups attached to an aromatic ring is 1. The number of amides is 2. The van der Waals surface area contributed by atoms with Crippen molar-refractivity contribution in [3.63, 3.8) is 0 Å². The number of urea groups is 1. The fourth-order valence-corrected chi connectivity index (χ4v) is 2.98. The zero-order chi connectivity index (χ0) is 16.4. The molecule has 4 nitrogen and oxygen atoms in total. The number of nitrogens with two attached hydrogens (primary N) is 1. The molecule has 0 atom stereocenters. The van der Waals surface area contributed by atoms with Crippen LogP contribution in [0.25, 0.3) is 0 Å². The summed E-state index contributed by atoms with van der Waals surface area (Å²) in [5, 5.41) is 0. The molecule has 0 radical (unpaired) electrons. The molecule has 2 N–H and O–H groups in total. The first kappa shape index (κ1) is 15.4. The number of carbonyl (C=O) groups excluding carboxylic acids is 1. The van der Waals surface area contributed by atoms with E-state index in [0.717, 1.165) is 25.2 Å². The Morgan fingerprint density at radius 1 is 1.04 bits per heavy atom. The van der Waals surface area contributed by atoms with Crippen LogP contribution in [0.15, 0.2) is 42.5 Å². The summed E-state index contributed by atoms with van der Waals surface area (Å²) >= 11 is 0. The van der Waals surface area contributed by atoms with E-state index in [1.807, 2.05) is 34.1 Å². The van der Waals surface area contributed by atoms with Gasteiger partial charge in [0.2, 0.25) is 0 Å². The number of aryl methyl sites for hydroxylation is 2. The lowest BCUT2D eigenvalue weighted by Gasteiger charge is -2.36. The maximum Gasteiger partial charge on any atom is 0.324 e. The number of hydrogen-bond acceptors (Lipinski definition) is 2. The molecule has 1 saturated heterocycles. The summed E-state index contributed by atoms with van der Waals surface area (Å²) in [5.74, 6) is 0. The van der Waals surface area contributed by atoms with Gasteiger partial charge in [0.1, 0.15) is 0 Å². The molecule has 1 aliphatic heterocycles. The van der Waals surface area contributed by atoms with E-state index < -0.39 is 0 Å². The second-order valence-electron chi connectivity index (χ2n) is 6.22. The second kappa shape index (κ2) is 6.32. The highest BCUT2D eigenvalue weighted by molar-refractivity contribution is 5.93. The lowest BCUT2D eigenvalue weighted by molar-refractivity contribution is 0.192. The zero-order valence-electron chi connectivity index (χ0n) is 13.7. The van der Waals surface area contributed by atoms with Crippen molar-refractivity contribution in [2.24, 2.45) is 0 Å². The van der Waals surface area contributed by atoms with Crippen LogP contribution in [0, 0.1) is 13.8 Å². The quantitative estimate of drug-likeness (QED) is 0.879. The molecule has 1 fully saturated rings. The minimum Gasteiger partial charge on any atom is -0.399 e. The lowest BCUT2D eigenvalue weighted by Crippen LogP contribution is -2.49. The number of anilines is 2. The maximum absolute atomic E-state index is 12.8. The molecule has 0 unspecified atom stereocenters. The summed E-state index contributed by atoms with van der Waals surface area (Å²) in [7, 11) is 0. The molecule has 0 aromatic heterocycles. The maximum atomic E-state index is 12.8. The summed E-state index contributed by atoms with van der Waals surface area (Å²) in [4.78, 5) is 16.5. The van der Waals surface area contributed by atoms with E-state index in [2.05, 4.69) is 32.0 Å². The monoisotopic (exact) mass is 309 g/mol. The highest BCUT2D eigenvalue weighted by Gasteiger charge is 2.26. The van der Waals surface area contributed by atoms with Crippen LogP contribution in [0.3, 0.4) is 0 Å². The third kappa shape index (κ3) is 3.31. The fraction of sp³-hybridized carbons (Fsp3) is 0.316. The summed E-state index contributed by atoms with van der Waals surface area (Å²) in [5.41, 5.74) is 11.1. The SMILES string of the molecule is Cc1ccc(CN2CCCN(c3cccc(N)c3)C2=O)cc1C. The number of carbonyl (C=O) groups is 1. The molecule has 4 heteroatoms. The Bertz CT molecular complexity index is 726. The van der Waals surface area contributed by atoms with Crippen molar-refractivity contribution in [1.29, 1.82) is 0 Å². The van der Waals surface area contributed by atoms with E-state index in [9.17, 15) is 4.79 Å². The van der Waals surface area contributed by atoms with Crippen LogP contribution < -0.4 is 10.6 Å². The van der Waals surface area contributed by atoms with Crippen LogP contribution >= 0.6 is 0 Å². The van der Waals surface area contributed by atoms with Crippen LogP contribution in [0.5, 0.6) is 0 Å². The average Bonchev–Trinajstić information content (AvgIpc) is 2.53. The molecule has 23 heavy (non-hydrogen) atoms. The van der Waals surface area contributed by atoms with Crippen LogP contribution in [-0.2, 0) is 6.54 Å². The Hall–Kier alpha value is -2.49. The molecule has 0 saturated carbocycles. The van der Waals surface area contributed by atoms with Gasteiger partial charge in [-0.3, -0.25) is 4.90 Å². The molecule has 1 heterocycles. The van der Waals surface area contributed by atoms with Crippen LogP contribution in [0.2, 0.25) is 0 Å². The molecule has 3 rings (SSSR count). The van der Waals surface area contributed by atoms with Gasteiger partial charge in [0, 0.05) is 31.0 Å². The van der Waals surface area contributed by atoms with E-state index in [4.69, 9.17) is 5.73 Å². The Kier molecular flexibility index (Phi) is 4.24. The molecule has 0 bridgehead atoms. The van der Waals surface area contributed by atoms with Crippen molar-refractivity contribution >= 4 is 17.4 Å². The van der Waals surface area contributed by atoms with Gasteiger partial charge in [-0.15, -0.1) is 0 Å². The number of hydrogen-bond donors (Lipinski definition) is 1. The van der Waals surface area contributed by atoms with Gasteiger partial charge in [0.15, 0.2) is 0 Å². The van der Waals surface area contributed by atoms with Crippen molar-refractivity contribution < 1.29 is 4.79 Å². The summed E-state index contributed by atoms with van der Waals surface area (Å²) in [6.07, 6.45) is 0.964. The van der Waals surface area contributed by atoms with Gasteiger partial charge in [0.05, 0.1) is 0 Å². The first-order chi connectivity index (χ1) is 11.0. The predicted molar refractivity (Wildman–Crippen MR) is 94.5 cm³/mol. The van der Waals surface area contributed by atoms with Gasteiger partial charge in [-0.25, -0.2) is 4.79 Å². The van der Waals surface area contributed by atoms with Crippen molar-refractivity contribution in [3.8, 4) is 0 Å². The average molecular weight is 309 g/mol. The van der Waals surface area contributed by atoms with E-state index in [1.54, 1.807) is 0 Å². The fourth-order valence-electron chi connectivity index (χ4n) is 2.98. The van der Waals surface area contributed by atoms with Gasteiger partial charge >= 0.3 is 6.03 Å². The molecule has 2 aromatic rings. The van der Waals surface area contributed by atoms with Crippen molar-refractivity contribution in [2.75, 3.05) is 23.7 Å². The van der Waals surface area contributed by atoms with Gasteiger partial charge in [-0.1, -0.05) is 24.3 Å². The van der Waals surface area contributed by atoms with Gasteiger partial charge < -0.3 is 10.6 Å². The molecular weight excluding hydrogens is 286 g/mol. The van der Waals surface area contributed by atoms with E-state index >= 15 is 0 Å². The molecule has 2 aromatic carbocycles. The van der Waals surface area contributed by atoms with Crippen LogP contribution in [-0.4, -0.2) is 24.0 Å². The lowest BCUT2D eigenvalue weighted by atomic mass is 10.1. The minimum absolute atomic E-state index is 0.0556. The number of nitrogens with zero attached hydrogens (tertiary/aromatic N) is 2. The van der Waals surface area contributed by atoms with E-state index in [1.165, 1.54) is 16.7 Å². The number of rotatable bonds is 3. The molecule has 1 aliphatic rings. The van der Waals surface area contributed by atoms with E-state index in [0.29, 0.717) is 12.2 Å². The molecule has 0 spiro atoms. The molecule has 120 valence electrons. The van der Waals surface area contributed by atoms with Crippen LogP contribution in [0.4, 0.5) is 16.2 Å². The first-order valence-electron chi connectivity index (χ1n) is 8.03. The second-order valence-corrected chi connectivity index (χ2v) is 6.22. The summed E-state index contributed by atoms with van der Waals surface area (Å²) in [6.45, 7) is 6.40. The largest absolute Gasteiger partial charge is 0.399 e. The Labute approximate surface area is 137 Å². The summed E-state index contributed by atoms with van der Waals surface area (Å²) < 4.78 is 0. The highest BCUT2D eigenvalue weighted by Crippen LogP contribution is 2.23. The third-order valence-corrected chi connectivity index (χ3v) is 4.44. The standard InChI is InChI=1S/C19H23N3O/c1-14-7-8-16(11-15(14)2)13-21-9-4-10-22(19(21)23)18-6-3-5-17(20)12-18/h3,5-8,11-12H,4,9-10,13,20H2,1-2H3. The third-order valence-electron chi connectivity index (χ3n) is 4.44. The van der Waals surface area contributed by atoms with Gasteiger partial charge in [-0.2, -0.15) is 0 Å². The van der Waals surface area contributed by atoms with Crippen molar-refractivity contribution in [2.45, 2.75) is 26.8 Å². The van der Waals surface area contributed by atoms with Gasteiger partial charge in [0.25, 0.3) is 0 Å². The number of benzene rings is 2. The molecule has 2 amide bonds. The summed E-state index contributed by atoms with van der Waals surface area (Å²) in [6, 6.07) is 14.0. The topological polar surface area (TPSA) is 49.6 Å². The van der Waals surface area contributed by atoms with Crippen molar-refractivity contribution in [3.05, 3.63) is 59.2 Å². The Morgan fingerprint density at radius 3 is 2.61 bits per heavy atom. The Balaban J connectivity index is 1.78. The van der Waals surface area contributed by atoms with E-state index in [-0.39, 0.29) is 6.03 Å². The highest BCUT2D eigenvalue weighted by atomic mass is 16.2. The van der Waals surface area contributed by atoms with Crippen molar-refractivity contribution in [1.82, 2.24) is 4.90 Å². The minimum atomic E-state index is 0.0556. The molecule has 0 aliphatic carbocycles. The molecular formula is C19H23N3O. The van der Waals surface area contributed by atoms with Gasteiger partial charge in [-0.05, 0) is 55.2 Å². The first-order valence-corrected chi connectivity index (χ1v) is 8.03. The Morgan fingerprint density at radius 2 is 1.87 bits per heavy atom. The van der Waals surface area contributed by atoms with Crippen LogP contribution in [0.1, 0.15) is 23.1 Å². The normalized spacial score (nSPS) is 15.1.